The molecule has 2 aromatic carbocycles. The first-order valence-corrected chi connectivity index (χ1v) is 11.1. The summed E-state index contributed by atoms with van der Waals surface area (Å²) in [5.74, 6) is -2.44. The van der Waals surface area contributed by atoms with Crippen LogP contribution in [0, 0.1) is 11.6 Å². The third-order valence-electron chi connectivity index (χ3n) is 6.14. The van der Waals surface area contributed by atoms with Crippen LogP contribution in [-0.4, -0.2) is 25.6 Å². The highest BCUT2D eigenvalue weighted by Gasteiger charge is 2.29. The van der Waals surface area contributed by atoms with Crippen molar-refractivity contribution in [2.75, 3.05) is 0 Å². The molecule has 0 fully saturated rings. The van der Waals surface area contributed by atoms with E-state index < -0.39 is 23.2 Å². The second-order valence-electron chi connectivity index (χ2n) is 8.22. The first-order chi connectivity index (χ1) is 17.3. The first kappa shape index (κ1) is 22.0. The topological polar surface area (TPSA) is 101 Å². The van der Waals surface area contributed by atoms with Gasteiger partial charge in [0.1, 0.15) is 28.1 Å². The molecule has 0 saturated heterocycles. The summed E-state index contributed by atoms with van der Waals surface area (Å²) in [6.07, 6.45) is 2.72. The average molecular weight is 506 g/mol. The smallest absolute Gasteiger partial charge is 0.353 e. The second kappa shape index (κ2) is 8.03. The maximum atomic E-state index is 15.1. The number of carboxylic acids is 1. The molecule has 178 valence electrons. The van der Waals surface area contributed by atoms with E-state index in [1.54, 1.807) is 12.1 Å². The quantitative estimate of drug-likeness (QED) is 0.287. The number of pyridine rings is 2. The van der Waals surface area contributed by atoms with Crippen LogP contribution in [0.2, 0.25) is 5.15 Å². The van der Waals surface area contributed by atoms with Gasteiger partial charge in [-0.1, -0.05) is 11.6 Å². The molecule has 0 aliphatic carbocycles. The van der Waals surface area contributed by atoms with Crippen LogP contribution in [0.4, 0.5) is 8.78 Å². The number of rotatable bonds is 4. The summed E-state index contributed by atoms with van der Waals surface area (Å²) in [4.78, 5) is 32.2. The number of aromatic amines is 1. The molecule has 0 atom stereocenters. The predicted octanol–water partition coefficient (Wildman–Crippen LogP) is 5.97. The summed E-state index contributed by atoms with van der Waals surface area (Å²) in [5.41, 5.74) is 0.492. The fourth-order valence-electron chi connectivity index (χ4n) is 4.62. The predicted molar refractivity (Wildman–Crippen MR) is 130 cm³/mol. The van der Waals surface area contributed by atoms with Crippen molar-refractivity contribution in [2.45, 2.75) is 6.54 Å². The van der Waals surface area contributed by atoms with Gasteiger partial charge in [-0.2, -0.15) is 0 Å². The van der Waals surface area contributed by atoms with Gasteiger partial charge in [0.05, 0.1) is 40.2 Å². The van der Waals surface area contributed by atoms with Gasteiger partial charge in [0.25, 0.3) is 5.56 Å². The van der Waals surface area contributed by atoms with Crippen LogP contribution >= 0.6 is 11.6 Å². The maximum Gasteiger partial charge on any atom is 0.353 e. The number of hydrogen-bond donors (Lipinski definition) is 2. The summed E-state index contributed by atoms with van der Waals surface area (Å²) in [6, 6.07) is 11.3. The van der Waals surface area contributed by atoms with E-state index in [1.165, 1.54) is 53.4 Å². The number of carboxylic acid groups (broad SMARTS) is 1. The summed E-state index contributed by atoms with van der Waals surface area (Å²) in [6.45, 7) is -0.146. The number of fused-ring (bicyclic) bond motifs is 4. The Balaban J connectivity index is 1.72. The summed E-state index contributed by atoms with van der Waals surface area (Å²) >= 11 is 6.42. The highest BCUT2D eigenvalue weighted by molar-refractivity contribution is 6.30. The van der Waals surface area contributed by atoms with Crippen molar-refractivity contribution in [2.24, 2.45) is 0 Å². The van der Waals surface area contributed by atoms with Crippen LogP contribution in [-0.2, 0) is 6.54 Å². The van der Waals surface area contributed by atoms with Crippen LogP contribution in [0.3, 0.4) is 0 Å². The number of halogens is 3. The zero-order valence-electron chi connectivity index (χ0n) is 18.2. The molecule has 0 aliphatic heterocycles. The minimum atomic E-state index is -1.35. The maximum absolute atomic E-state index is 15.1. The number of benzene rings is 2. The molecule has 0 unspecified atom stereocenters. The van der Waals surface area contributed by atoms with Gasteiger partial charge >= 0.3 is 5.97 Å². The molecule has 36 heavy (non-hydrogen) atoms. The number of nitrogens with one attached hydrogen (secondary N) is 1. The van der Waals surface area contributed by atoms with E-state index >= 15 is 4.39 Å². The molecule has 0 spiro atoms. The molecule has 4 aromatic heterocycles. The number of hydrogen-bond acceptors (Lipinski definition) is 4. The zero-order chi connectivity index (χ0) is 25.1. The minimum absolute atomic E-state index is 0.0750. The number of H-pyrrole nitrogens is 1. The van der Waals surface area contributed by atoms with E-state index in [4.69, 9.17) is 16.0 Å². The van der Waals surface area contributed by atoms with Crippen LogP contribution < -0.4 is 5.56 Å². The Labute approximate surface area is 205 Å². The van der Waals surface area contributed by atoms with Crippen molar-refractivity contribution in [3.63, 3.8) is 0 Å². The Morgan fingerprint density at radius 1 is 1.17 bits per heavy atom. The molecular formula is C26H14ClF2N3O4. The molecule has 0 amide bonds. The molecule has 0 saturated carbocycles. The third-order valence-corrected chi connectivity index (χ3v) is 6.47. The van der Waals surface area contributed by atoms with Crippen molar-refractivity contribution in [3.8, 4) is 11.1 Å². The van der Waals surface area contributed by atoms with Crippen molar-refractivity contribution in [1.82, 2.24) is 14.5 Å². The Morgan fingerprint density at radius 3 is 2.78 bits per heavy atom. The van der Waals surface area contributed by atoms with Gasteiger partial charge in [0.2, 0.25) is 0 Å². The van der Waals surface area contributed by atoms with Gasteiger partial charge in [-0.3, -0.25) is 4.79 Å². The number of aromatic carboxylic acids is 1. The molecule has 0 radical (unpaired) electrons. The van der Waals surface area contributed by atoms with E-state index in [0.717, 1.165) is 0 Å². The van der Waals surface area contributed by atoms with Crippen LogP contribution in [0.15, 0.2) is 70.2 Å². The van der Waals surface area contributed by atoms with Crippen LogP contribution in [0.1, 0.15) is 16.1 Å². The lowest BCUT2D eigenvalue weighted by Crippen LogP contribution is -2.14. The summed E-state index contributed by atoms with van der Waals surface area (Å²) in [5, 5.41) is 11.2. The lowest BCUT2D eigenvalue weighted by molar-refractivity contribution is 0.0687. The molecule has 0 bridgehead atoms. The number of aromatic nitrogens is 3. The van der Waals surface area contributed by atoms with Crippen molar-refractivity contribution >= 4 is 50.3 Å². The van der Waals surface area contributed by atoms with E-state index in [-0.39, 0.29) is 50.4 Å². The van der Waals surface area contributed by atoms with Crippen LogP contribution in [0.25, 0.3) is 43.9 Å². The van der Waals surface area contributed by atoms with Crippen molar-refractivity contribution < 1.29 is 23.1 Å². The standard InChI is InChI=1S/C26H14ClF2N3O4/c27-24-13(8-12-9-14(28)3-4-18(12)31-24)11-32-19-10-17(29)15-5-7-36-23(15)21(19)20(22(32)26(34)35)16-2-1-6-30-25(16)33/h1-10H,11H2,(H,30,33)(H,34,35). The number of furan rings is 1. The Hall–Kier alpha value is -4.50. The van der Waals surface area contributed by atoms with Gasteiger partial charge in [-0.15, -0.1) is 0 Å². The summed E-state index contributed by atoms with van der Waals surface area (Å²) < 4.78 is 35.8. The Morgan fingerprint density at radius 2 is 2.00 bits per heavy atom. The second-order valence-corrected chi connectivity index (χ2v) is 8.58. The van der Waals surface area contributed by atoms with E-state index in [2.05, 4.69) is 9.97 Å². The van der Waals surface area contributed by atoms with Gasteiger partial charge < -0.3 is 19.1 Å². The SMILES string of the molecule is O=C(O)c1c(-c2ccc[nH]c2=O)c2c3occc3c(F)cc2n1Cc1cc2cc(F)ccc2nc1Cl. The van der Waals surface area contributed by atoms with Crippen LogP contribution in [0.5, 0.6) is 0 Å². The molecule has 4 heterocycles. The first-order valence-electron chi connectivity index (χ1n) is 10.7. The largest absolute Gasteiger partial charge is 0.477 e. The van der Waals surface area contributed by atoms with Gasteiger partial charge in [0, 0.05) is 22.7 Å². The molecule has 6 rings (SSSR count). The van der Waals surface area contributed by atoms with Gasteiger partial charge in [0.15, 0.2) is 0 Å². The number of carbonyl (C=O) groups is 1. The van der Waals surface area contributed by atoms with Crippen molar-refractivity contribution in [3.05, 3.63) is 99.4 Å². The van der Waals surface area contributed by atoms with E-state index in [1.807, 2.05) is 0 Å². The normalized spacial score (nSPS) is 11.6. The lowest BCUT2D eigenvalue weighted by atomic mass is 10.0. The number of nitrogens with zero attached hydrogens (tertiary/aromatic N) is 2. The Bertz CT molecular complexity index is 1920. The monoisotopic (exact) mass is 505 g/mol. The van der Waals surface area contributed by atoms with Crippen molar-refractivity contribution in [1.29, 1.82) is 0 Å². The average Bonchev–Trinajstić information content (AvgIpc) is 3.44. The lowest BCUT2D eigenvalue weighted by Gasteiger charge is -2.12. The third kappa shape index (κ3) is 3.28. The summed E-state index contributed by atoms with van der Waals surface area (Å²) in [7, 11) is 0. The zero-order valence-corrected chi connectivity index (χ0v) is 18.9. The fourth-order valence-corrected chi connectivity index (χ4v) is 4.83. The molecule has 7 nitrogen and oxygen atoms in total. The minimum Gasteiger partial charge on any atom is -0.477 e. The van der Waals surface area contributed by atoms with Gasteiger partial charge in [-0.25, -0.2) is 18.6 Å². The Kier molecular flexibility index (Phi) is 4.90. The van der Waals surface area contributed by atoms with E-state index in [0.29, 0.717) is 16.5 Å². The molecule has 10 heteroatoms. The molecule has 2 N–H and O–H groups in total. The molecule has 0 aliphatic rings. The molecule has 6 aromatic rings. The van der Waals surface area contributed by atoms with E-state index in [9.17, 15) is 19.1 Å². The molecular weight excluding hydrogens is 492 g/mol. The fraction of sp³-hybridized carbons (Fsp3) is 0.0385. The highest BCUT2D eigenvalue weighted by atomic mass is 35.5. The van der Waals surface area contributed by atoms with Gasteiger partial charge in [-0.05, 0) is 48.5 Å². The highest BCUT2D eigenvalue weighted by Crippen LogP contribution is 2.40.